The Morgan fingerprint density at radius 2 is 2.06 bits per heavy atom. The highest BCUT2D eigenvalue weighted by Crippen LogP contribution is 2.05. The van der Waals surface area contributed by atoms with E-state index in [4.69, 9.17) is 12.2 Å². The van der Waals surface area contributed by atoms with Crippen LogP contribution < -0.4 is 5.32 Å². The first kappa shape index (κ1) is 12.8. The van der Waals surface area contributed by atoms with Crippen LogP contribution in [0.15, 0.2) is 36.4 Å². The molecule has 0 saturated heterocycles. The number of nitrogens with zero attached hydrogens (tertiary/aromatic N) is 1. The van der Waals surface area contributed by atoms with Crippen LogP contribution in [0.4, 0.5) is 5.82 Å². The van der Waals surface area contributed by atoms with Gasteiger partial charge >= 0.3 is 0 Å². The van der Waals surface area contributed by atoms with Crippen LogP contribution in [0, 0.1) is 4.64 Å². The summed E-state index contributed by atoms with van der Waals surface area (Å²) in [5.41, 5.74) is 1.33. The third-order valence-corrected chi connectivity index (χ3v) is 2.91. The molecule has 4 heteroatoms. The van der Waals surface area contributed by atoms with E-state index in [0.717, 1.165) is 31.0 Å². The van der Waals surface area contributed by atoms with E-state index in [1.54, 1.807) is 0 Å². The smallest absolute Gasteiger partial charge is 0.131 e. The van der Waals surface area contributed by atoms with Crippen LogP contribution in [0.25, 0.3) is 0 Å². The molecule has 2 N–H and O–H groups in total. The van der Waals surface area contributed by atoms with E-state index in [1.807, 2.05) is 12.1 Å². The minimum Gasteiger partial charge on any atom is -0.371 e. The van der Waals surface area contributed by atoms with Crippen molar-refractivity contribution in [3.63, 3.8) is 0 Å². The molecule has 1 heterocycles. The summed E-state index contributed by atoms with van der Waals surface area (Å²) in [5.74, 6) is 1.87. The minimum atomic E-state index is 0.632. The second kappa shape index (κ2) is 6.31. The molecule has 0 aliphatic carbocycles. The lowest BCUT2D eigenvalue weighted by molar-refractivity contribution is 0.919. The monoisotopic (exact) mass is 259 g/mol. The lowest BCUT2D eigenvalue weighted by Gasteiger charge is -2.08. The van der Waals surface area contributed by atoms with E-state index >= 15 is 0 Å². The van der Waals surface area contributed by atoms with Gasteiger partial charge in [0.2, 0.25) is 0 Å². The molecule has 1 aromatic heterocycles. The number of hydrogen-bond acceptors (Lipinski definition) is 3. The van der Waals surface area contributed by atoms with Gasteiger partial charge in [0.05, 0.1) is 0 Å². The third kappa shape index (κ3) is 3.67. The van der Waals surface area contributed by atoms with Gasteiger partial charge in [-0.05, 0) is 12.0 Å². The van der Waals surface area contributed by atoms with Crippen LogP contribution in [-0.2, 0) is 12.8 Å². The Morgan fingerprint density at radius 3 is 2.78 bits per heavy atom. The fourth-order valence-corrected chi connectivity index (χ4v) is 1.99. The van der Waals surface area contributed by atoms with Crippen LogP contribution in [0.1, 0.15) is 18.3 Å². The fraction of sp³-hybridized carbons (Fsp3) is 0.286. The lowest BCUT2D eigenvalue weighted by atomic mass is 10.1. The molecule has 0 spiro atoms. The highest BCUT2D eigenvalue weighted by atomic mass is 32.1. The van der Waals surface area contributed by atoms with E-state index in [9.17, 15) is 0 Å². The van der Waals surface area contributed by atoms with Crippen LogP contribution in [0.2, 0.25) is 0 Å². The lowest BCUT2D eigenvalue weighted by Crippen LogP contribution is -2.08. The molecule has 0 unspecified atom stereocenters. The molecule has 0 saturated carbocycles. The van der Waals surface area contributed by atoms with Gasteiger partial charge in [-0.3, -0.25) is 0 Å². The number of anilines is 1. The van der Waals surface area contributed by atoms with Gasteiger partial charge in [0, 0.05) is 19.0 Å². The maximum Gasteiger partial charge on any atom is 0.131 e. The standard InChI is InChI=1S/C14H17N3S/c1-2-12-16-13(10-14(18)17-12)15-9-8-11-6-4-3-5-7-11/h3-7,10H,2,8-9H2,1H3,(H2,15,16,17,18). The first-order valence-electron chi connectivity index (χ1n) is 6.16. The normalized spacial score (nSPS) is 10.3. The SMILES string of the molecule is CCc1nc(=S)cc(NCCc2ccccc2)[nH]1. The van der Waals surface area contributed by atoms with Gasteiger partial charge in [0.15, 0.2) is 0 Å². The highest BCUT2D eigenvalue weighted by Gasteiger charge is 1.97. The summed E-state index contributed by atoms with van der Waals surface area (Å²) in [6, 6.07) is 12.3. The Morgan fingerprint density at radius 1 is 1.28 bits per heavy atom. The Kier molecular flexibility index (Phi) is 4.47. The van der Waals surface area contributed by atoms with Crippen molar-refractivity contribution in [3.05, 3.63) is 52.4 Å². The molecule has 2 rings (SSSR count). The molecule has 94 valence electrons. The molecule has 0 radical (unpaired) electrons. The average molecular weight is 259 g/mol. The minimum absolute atomic E-state index is 0.632. The predicted molar refractivity (Wildman–Crippen MR) is 77.4 cm³/mol. The van der Waals surface area contributed by atoms with Crippen molar-refractivity contribution in [1.29, 1.82) is 0 Å². The summed E-state index contributed by atoms with van der Waals surface area (Å²) < 4.78 is 0.632. The van der Waals surface area contributed by atoms with E-state index in [0.29, 0.717) is 4.64 Å². The molecule has 0 aliphatic heterocycles. The van der Waals surface area contributed by atoms with Crippen LogP contribution in [-0.4, -0.2) is 16.5 Å². The number of aromatic nitrogens is 2. The quantitative estimate of drug-likeness (QED) is 0.809. The average Bonchev–Trinajstić information content (AvgIpc) is 2.39. The second-order valence-corrected chi connectivity index (χ2v) is 4.51. The van der Waals surface area contributed by atoms with Crippen molar-refractivity contribution in [2.45, 2.75) is 19.8 Å². The maximum absolute atomic E-state index is 5.13. The summed E-state index contributed by atoms with van der Waals surface area (Å²) >= 11 is 5.13. The van der Waals surface area contributed by atoms with Crippen molar-refractivity contribution in [1.82, 2.24) is 9.97 Å². The molecule has 0 amide bonds. The number of H-pyrrole nitrogens is 1. The Bertz CT molecular complexity index is 548. The van der Waals surface area contributed by atoms with E-state index in [2.05, 4.69) is 46.5 Å². The number of aryl methyl sites for hydroxylation is 1. The van der Waals surface area contributed by atoms with Crippen LogP contribution >= 0.6 is 12.2 Å². The van der Waals surface area contributed by atoms with Gasteiger partial charge in [-0.15, -0.1) is 0 Å². The number of rotatable bonds is 5. The third-order valence-electron chi connectivity index (χ3n) is 2.70. The summed E-state index contributed by atoms with van der Waals surface area (Å²) in [5, 5.41) is 3.35. The highest BCUT2D eigenvalue weighted by molar-refractivity contribution is 7.71. The summed E-state index contributed by atoms with van der Waals surface area (Å²) in [7, 11) is 0. The largest absolute Gasteiger partial charge is 0.371 e. The number of hydrogen-bond donors (Lipinski definition) is 2. The summed E-state index contributed by atoms with van der Waals surface area (Å²) in [6.45, 7) is 2.93. The molecule has 0 aliphatic rings. The Labute approximate surface area is 112 Å². The first-order valence-corrected chi connectivity index (χ1v) is 6.57. The van der Waals surface area contributed by atoms with Gasteiger partial charge in [-0.1, -0.05) is 49.5 Å². The van der Waals surface area contributed by atoms with Crippen molar-refractivity contribution >= 4 is 18.0 Å². The van der Waals surface area contributed by atoms with Gasteiger partial charge in [0.25, 0.3) is 0 Å². The van der Waals surface area contributed by atoms with Crippen LogP contribution in [0.3, 0.4) is 0 Å². The molecule has 0 bridgehead atoms. The predicted octanol–water partition coefficient (Wildman–Crippen LogP) is 3.36. The van der Waals surface area contributed by atoms with Crippen molar-refractivity contribution in [2.75, 3.05) is 11.9 Å². The van der Waals surface area contributed by atoms with Crippen molar-refractivity contribution in [3.8, 4) is 0 Å². The zero-order valence-corrected chi connectivity index (χ0v) is 11.3. The molecule has 0 atom stereocenters. The van der Waals surface area contributed by atoms with Crippen molar-refractivity contribution < 1.29 is 0 Å². The summed E-state index contributed by atoms with van der Waals surface area (Å²) in [6.07, 6.45) is 1.85. The first-order chi connectivity index (χ1) is 8.78. The van der Waals surface area contributed by atoms with Gasteiger partial charge < -0.3 is 10.3 Å². The molecule has 18 heavy (non-hydrogen) atoms. The van der Waals surface area contributed by atoms with Gasteiger partial charge in [0.1, 0.15) is 16.3 Å². The topological polar surface area (TPSA) is 40.7 Å². The second-order valence-electron chi connectivity index (χ2n) is 4.10. The number of benzene rings is 1. The van der Waals surface area contributed by atoms with E-state index in [1.165, 1.54) is 5.56 Å². The maximum atomic E-state index is 5.13. The van der Waals surface area contributed by atoms with Crippen LogP contribution in [0.5, 0.6) is 0 Å². The molecule has 0 fully saturated rings. The number of nitrogens with one attached hydrogen (secondary N) is 2. The van der Waals surface area contributed by atoms with Gasteiger partial charge in [-0.25, -0.2) is 4.98 Å². The Balaban J connectivity index is 1.94. The van der Waals surface area contributed by atoms with Crippen molar-refractivity contribution in [2.24, 2.45) is 0 Å². The Hall–Kier alpha value is -1.68. The molecule has 2 aromatic rings. The van der Waals surface area contributed by atoms with E-state index in [-0.39, 0.29) is 0 Å². The molecular weight excluding hydrogens is 242 g/mol. The molecule has 1 aromatic carbocycles. The zero-order chi connectivity index (χ0) is 12.8. The van der Waals surface area contributed by atoms with E-state index < -0.39 is 0 Å². The number of aromatic amines is 1. The fourth-order valence-electron chi connectivity index (χ4n) is 1.76. The summed E-state index contributed by atoms with van der Waals surface area (Å²) in [4.78, 5) is 7.47. The molecule has 3 nitrogen and oxygen atoms in total. The zero-order valence-electron chi connectivity index (χ0n) is 10.4. The van der Waals surface area contributed by atoms with Gasteiger partial charge in [-0.2, -0.15) is 0 Å². The molecular formula is C14H17N3S.